The van der Waals surface area contributed by atoms with Gasteiger partial charge in [0.15, 0.2) is 5.78 Å². The van der Waals surface area contributed by atoms with Gasteiger partial charge >= 0.3 is 0 Å². The number of hydrogen-bond donors (Lipinski definition) is 0. The number of carbonyl (C=O) groups is 1. The van der Waals surface area contributed by atoms with Crippen molar-refractivity contribution in [2.24, 2.45) is 0 Å². The second-order valence-corrected chi connectivity index (χ2v) is 5.50. The van der Waals surface area contributed by atoms with Crippen molar-refractivity contribution >= 4 is 5.78 Å². The Morgan fingerprint density at radius 1 is 0.773 bits per heavy atom. The Morgan fingerprint density at radius 2 is 1.41 bits per heavy atom. The summed E-state index contributed by atoms with van der Waals surface area (Å²) in [6.07, 6.45) is 0.895. The Hall–Kier alpha value is -2.67. The molecule has 0 aliphatic carbocycles. The van der Waals surface area contributed by atoms with Crippen molar-refractivity contribution in [2.75, 3.05) is 0 Å². The zero-order valence-corrected chi connectivity index (χ0v) is 12.6. The predicted molar refractivity (Wildman–Crippen MR) is 90.3 cm³/mol. The topological polar surface area (TPSA) is 17.1 Å². The van der Waals surface area contributed by atoms with E-state index >= 15 is 0 Å². The summed E-state index contributed by atoms with van der Waals surface area (Å²) >= 11 is 0. The van der Waals surface area contributed by atoms with E-state index in [4.69, 9.17) is 0 Å². The summed E-state index contributed by atoms with van der Waals surface area (Å²) in [5.74, 6) is 0.0787. The lowest BCUT2D eigenvalue weighted by atomic mass is 9.95. The van der Waals surface area contributed by atoms with Gasteiger partial charge in [0, 0.05) is 11.1 Å². The molecule has 0 heterocycles. The fourth-order valence-corrected chi connectivity index (χ4v) is 2.61. The lowest BCUT2D eigenvalue weighted by Crippen LogP contribution is -2.02. The predicted octanol–water partition coefficient (Wildman–Crippen LogP) is 4.82. The highest BCUT2D eigenvalue weighted by Gasteiger charge is 2.10. The van der Waals surface area contributed by atoms with Crippen molar-refractivity contribution in [3.05, 3.63) is 107 Å². The molecule has 0 unspecified atom stereocenters. The van der Waals surface area contributed by atoms with Gasteiger partial charge in [0.25, 0.3) is 0 Å². The highest BCUT2D eigenvalue weighted by atomic mass is 16.1. The van der Waals surface area contributed by atoms with E-state index in [9.17, 15) is 4.79 Å². The van der Waals surface area contributed by atoms with Crippen LogP contribution in [0.3, 0.4) is 0 Å². The number of benzene rings is 3. The molecule has 0 atom stereocenters. The highest BCUT2D eigenvalue weighted by Crippen LogP contribution is 2.18. The molecule has 0 saturated heterocycles. The van der Waals surface area contributed by atoms with E-state index < -0.39 is 0 Å². The average Bonchev–Trinajstić information content (AvgIpc) is 2.58. The Kier molecular flexibility index (Phi) is 4.15. The van der Waals surface area contributed by atoms with Crippen molar-refractivity contribution < 1.29 is 4.79 Å². The van der Waals surface area contributed by atoms with Gasteiger partial charge in [-0.2, -0.15) is 0 Å². The second kappa shape index (κ2) is 6.40. The van der Waals surface area contributed by atoms with E-state index in [1.54, 1.807) is 0 Å². The third kappa shape index (κ3) is 3.15. The maximum Gasteiger partial charge on any atom is 0.193 e. The molecule has 108 valence electrons. The molecule has 3 aromatic carbocycles. The average molecular weight is 286 g/mol. The van der Waals surface area contributed by atoms with Crippen LogP contribution < -0.4 is 0 Å². The van der Waals surface area contributed by atoms with Crippen LogP contribution >= 0.6 is 0 Å². The van der Waals surface area contributed by atoms with Crippen LogP contribution in [-0.4, -0.2) is 5.78 Å². The van der Waals surface area contributed by atoms with Gasteiger partial charge in [-0.1, -0.05) is 72.8 Å². The molecule has 0 amide bonds. The minimum atomic E-state index is 0.0787. The molecular weight excluding hydrogens is 268 g/mol. The third-order valence-electron chi connectivity index (χ3n) is 3.88. The summed E-state index contributed by atoms with van der Waals surface area (Å²) in [5, 5.41) is 0. The first-order chi connectivity index (χ1) is 10.7. The minimum absolute atomic E-state index is 0.0787. The zero-order chi connectivity index (χ0) is 15.4. The number of hydrogen-bond acceptors (Lipinski definition) is 1. The van der Waals surface area contributed by atoms with E-state index in [1.165, 1.54) is 11.1 Å². The van der Waals surface area contributed by atoms with E-state index in [0.29, 0.717) is 0 Å². The van der Waals surface area contributed by atoms with E-state index in [0.717, 1.165) is 23.1 Å². The van der Waals surface area contributed by atoms with Crippen molar-refractivity contribution in [3.8, 4) is 0 Å². The quantitative estimate of drug-likeness (QED) is 0.629. The normalized spacial score (nSPS) is 10.4. The molecule has 3 aromatic rings. The van der Waals surface area contributed by atoms with E-state index in [-0.39, 0.29) is 5.78 Å². The molecule has 0 radical (unpaired) electrons. The SMILES string of the molecule is Cc1cc(C(=O)c2ccccc2)ccc1Cc1ccccc1. The van der Waals surface area contributed by atoms with Crippen LogP contribution in [0.2, 0.25) is 0 Å². The Bertz CT molecular complexity index is 774. The van der Waals surface area contributed by atoms with Gasteiger partial charge in [-0.15, -0.1) is 0 Å². The lowest BCUT2D eigenvalue weighted by Gasteiger charge is -2.09. The first kappa shape index (κ1) is 14.3. The molecule has 0 fully saturated rings. The molecule has 0 saturated carbocycles. The van der Waals surface area contributed by atoms with Gasteiger partial charge < -0.3 is 0 Å². The smallest absolute Gasteiger partial charge is 0.193 e. The zero-order valence-electron chi connectivity index (χ0n) is 12.6. The van der Waals surface area contributed by atoms with Gasteiger partial charge in [0.1, 0.15) is 0 Å². The van der Waals surface area contributed by atoms with Gasteiger partial charge in [0.05, 0.1) is 0 Å². The number of rotatable bonds is 4. The molecule has 0 bridgehead atoms. The number of carbonyl (C=O) groups excluding carboxylic acids is 1. The van der Waals surface area contributed by atoms with Crippen LogP contribution in [0, 0.1) is 6.92 Å². The fraction of sp³-hybridized carbons (Fsp3) is 0.0952. The van der Waals surface area contributed by atoms with Crippen LogP contribution in [0.15, 0.2) is 78.9 Å². The summed E-state index contributed by atoms with van der Waals surface area (Å²) in [6, 6.07) is 25.8. The first-order valence-corrected chi connectivity index (χ1v) is 7.47. The van der Waals surface area contributed by atoms with Crippen molar-refractivity contribution in [3.63, 3.8) is 0 Å². The Morgan fingerprint density at radius 3 is 2.05 bits per heavy atom. The van der Waals surface area contributed by atoms with E-state index in [2.05, 4.69) is 37.3 Å². The van der Waals surface area contributed by atoms with Crippen molar-refractivity contribution in [1.82, 2.24) is 0 Å². The maximum atomic E-state index is 12.5. The second-order valence-electron chi connectivity index (χ2n) is 5.50. The van der Waals surface area contributed by atoms with Crippen molar-refractivity contribution in [1.29, 1.82) is 0 Å². The van der Waals surface area contributed by atoms with E-state index in [1.807, 2.05) is 48.5 Å². The number of ketones is 1. The fourth-order valence-electron chi connectivity index (χ4n) is 2.61. The molecule has 0 aliphatic rings. The maximum absolute atomic E-state index is 12.5. The summed E-state index contributed by atoms with van der Waals surface area (Å²) in [4.78, 5) is 12.5. The molecule has 3 rings (SSSR count). The monoisotopic (exact) mass is 286 g/mol. The standard InChI is InChI=1S/C21H18O/c1-16-14-20(21(22)18-10-6-3-7-11-18)13-12-19(16)15-17-8-4-2-5-9-17/h2-14H,15H2,1H3. The van der Waals surface area contributed by atoms with Crippen LogP contribution in [0.25, 0.3) is 0 Å². The summed E-state index contributed by atoms with van der Waals surface area (Å²) in [7, 11) is 0. The largest absolute Gasteiger partial charge is 0.289 e. The molecule has 0 spiro atoms. The van der Waals surface area contributed by atoms with Crippen LogP contribution in [0.5, 0.6) is 0 Å². The summed E-state index contributed by atoms with van der Waals surface area (Å²) < 4.78 is 0. The van der Waals surface area contributed by atoms with Gasteiger partial charge in [-0.25, -0.2) is 0 Å². The molecule has 0 aliphatic heterocycles. The molecule has 22 heavy (non-hydrogen) atoms. The lowest BCUT2D eigenvalue weighted by molar-refractivity contribution is 0.103. The van der Waals surface area contributed by atoms with Gasteiger partial charge in [-0.05, 0) is 36.1 Å². The summed E-state index contributed by atoms with van der Waals surface area (Å²) in [5.41, 5.74) is 5.19. The molecule has 1 nitrogen and oxygen atoms in total. The van der Waals surface area contributed by atoms with Gasteiger partial charge in [0.2, 0.25) is 0 Å². The molecule has 1 heteroatoms. The third-order valence-corrected chi connectivity index (χ3v) is 3.88. The highest BCUT2D eigenvalue weighted by molar-refractivity contribution is 6.09. The molecule has 0 N–H and O–H groups in total. The minimum Gasteiger partial charge on any atom is -0.289 e. The summed E-state index contributed by atoms with van der Waals surface area (Å²) in [6.45, 7) is 2.07. The first-order valence-electron chi connectivity index (χ1n) is 7.47. The van der Waals surface area contributed by atoms with Crippen molar-refractivity contribution in [2.45, 2.75) is 13.3 Å². The molecule has 0 aromatic heterocycles. The van der Waals surface area contributed by atoms with Crippen LogP contribution in [-0.2, 0) is 6.42 Å². The Labute approximate surface area is 131 Å². The molecular formula is C21H18O. The van der Waals surface area contributed by atoms with Crippen LogP contribution in [0.1, 0.15) is 32.6 Å². The Balaban J connectivity index is 1.85. The van der Waals surface area contributed by atoms with Crippen LogP contribution in [0.4, 0.5) is 0 Å². The number of aryl methyl sites for hydroxylation is 1. The van der Waals surface area contributed by atoms with Gasteiger partial charge in [-0.3, -0.25) is 4.79 Å².